The summed E-state index contributed by atoms with van der Waals surface area (Å²) in [5.41, 5.74) is 1.96. The molecule has 4 rings (SSSR count). The Bertz CT molecular complexity index is 1270. The highest BCUT2D eigenvalue weighted by atomic mass is 32.2. The molecular weight excluding hydrogens is 418 g/mol. The van der Waals surface area contributed by atoms with Gasteiger partial charge in [0.05, 0.1) is 15.1 Å². The molecule has 0 spiro atoms. The highest BCUT2D eigenvalue weighted by molar-refractivity contribution is 7.89. The van der Waals surface area contributed by atoms with Gasteiger partial charge in [-0.2, -0.15) is 9.30 Å². The minimum atomic E-state index is -3.75. The molecule has 3 aromatic rings. The summed E-state index contributed by atoms with van der Waals surface area (Å²) in [5, 5.41) is 0. The van der Waals surface area contributed by atoms with Crippen LogP contribution in [0.2, 0.25) is 0 Å². The zero-order valence-corrected chi connectivity index (χ0v) is 18.3. The van der Waals surface area contributed by atoms with E-state index in [0.29, 0.717) is 30.7 Å². The fourth-order valence-corrected chi connectivity index (χ4v) is 6.40. The molecule has 30 heavy (non-hydrogen) atoms. The van der Waals surface area contributed by atoms with Crippen molar-refractivity contribution in [3.8, 4) is 0 Å². The van der Waals surface area contributed by atoms with E-state index in [9.17, 15) is 13.2 Å². The van der Waals surface area contributed by atoms with Crippen LogP contribution in [0.1, 0.15) is 18.4 Å². The normalized spacial score (nSPS) is 18.2. The highest BCUT2D eigenvalue weighted by Crippen LogP contribution is 2.27. The lowest BCUT2D eigenvalue weighted by atomic mass is 10.2. The van der Waals surface area contributed by atoms with Crippen LogP contribution in [0.4, 0.5) is 0 Å². The van der Waals surface area contributed by atoms with Crippen LogP contribution in [0.3, 0.4) is 0 Å². The number of sulfonamides is 1. The number of thiazole rings is 1. The molecule has 1 aliphatic rings. The Morgan fingerprint density at radius 2 is 1.97 bits per heavy atom. The van der Waals surface area contributed by atoms with Gasteiger partial charge in [-0.1, -0.05) is 47.2 Å². The molecule has 2 aromatic carbocycles. The monoisotopic (exact) mass is 441 g/mol. The molecule has 0 N–H and O–H groups in total. The van der Waals surface area contributed by atoms with Crippen LogP contribution in [-0.2, 0) is 21.4 Å². The van der Waals surface area contributed by atoms with E-state index in [-0.39, 0.29) is 4.90 Å². The number of hydrogen-bond acceptors (Lipinski definition) is 4. The number of aryl methyl sites for hydroxylation is 1. The molecule has 8 heteroatoms. The maximum absolute atomic E-state index is 13.1. The molecule has 1 aromatic heterocycles. The summed E-state index contributed by atoms with van der Waals surface area (Å²) in [5.74, 6) is -0.424. The van der Waals surface area contributed by atoms with Crippen LogP contribution in [0.5, 0.6) is 0 Å². The number of rotatable bonds is 5. The zero-order chi connectivity index (χ0) is 21.3. The van der Waals surface area contributed by atoms with Gasteiger partial charge in [0.25, 0.3) is 5.91 Å². The van der Waals surface area contributed by atoms with Crippen molar-refractivity contribution in [2.24, 2.45) is 4.99 Å². The Labute approximate surface area is 179 Å². The van der Waals surface area contributed by atoms with Gasteiger partial charge in [-0.15, -0.1) is 6.58 Å². The number of aromatic nitrogens is 1. The Hall–Kier alpha value is -2.55. The molecule has 0 aliphatic carbocycles. The summed E-state index contributed by atoms with van der Waals surface area (Å²) in [6.45, 7) is 6.54. The second kappa shape index (κ2) is 8.29. The Kier molecular flexibility index (Phi) is 5.73. The number of hydrogen-bond donors (Lipinski definition) is 0. The maximum Gasteiger partial charge on any atom is 0.266 e. The predicted molar refractivity (Wildman–Crippen MR) is 119 cm³/mol. The van der Waals surface area contributed by atoms with E-state index in [1.165, 1.54) is 15.6 Å². The molecule has 2 heterocycles. The molecule has 1 aliphatic heterocycles. The average molecular weight is 442 g/mol. The minimum Gasteiger partial charge on any atom is -0.313 e. The fourth-order valence-electron chi connectivity index (χ4n) is 3.70. The lowest BCUT2D eigenvalue weighted by Crippen LogP contribution is -2.40. The van der Waals surface area contributed by atoms with Gasteiger partial charge >= 0.3 is 0 Å². The summed E-state index contributed by atoms with van der Waals surface area (Å²) < 4.78 is 30.5. The second-order valence-electron chi connectivity index (χ2n) is 7.29. The number of carbonyl (C=O) groups excluding carboxylic acids is 1. The van der Waals surface area contributed by atoms with Gasteiger partial charge in [0.15, 0.2) is 4.80 Å². The van der Waals surface area contributed by atoms with E-state index in [0.717, 1.165) is 15.8 Å². The molecule has 0 saturated carbocycles. The average Bonchev–Trinajstić information content (AvgIpc) is 3.35. The Balaban J connectivity index is 1.71. The third kappa shape index (κ3) is 3.78. The van der Waals surface area contributed by atoms with Crippen molar-refractivity contribution in [1.29, 1.82) is 0 Å². The number of allylic oxidation sites excluding steroid dienone is 1. The summed E-state index contributed by atoms with van der Waals surface area (Å²) >= 11 is 1.42. The van der Waals surface area contributed by atoms with Crippen LogP contribution >= 0.6 is 11.3 Å². The zero-order valence-electron chi connectivity index (χ0n) is 16.7. The summed E-state index contributed by atoms with van der Waals surface area (Å²) in [7, 11) is -3.75. The fraction of sp³-hybridized carbons (Fsp3) is 0.273. The van der Waals surface area contributed by atoms with Crippen LogP contribution in [0.15, 0.2) is 71.1 Å². The van der Waals surface area contributed by atoms with Gasteiger partial charge < -0.3 is 4.57 Å². The van der Waals surface area contributed by atoms with E-state index in [1.54, 1.807) is 30.3 Å². The Morgan fingerprint density at radius 3 is 2.70 bits per heavy atom. The first-order chi connectivity index (χ1) is 14.4. The molecule has 1 unspecified atom stereocenters. The first-order valence-corrected chi connectivity index (χ1v) is 12.0. The number of amides is 1. The van der Waals surface area contributed by atoms with Gasteiger partial charge in [-0.25, -0.2) is 8.42 Å². The molecule has 6 nitrogen and oxygen atoms in total. The van der Waals surface area contributed by atoms with E-state index in [2.05, 4.69) is 11.6 Å². The van der Waals surface area contributed by atoms with Crippen molar-refractivity contribution < 1.29 is 13.2 Å². The number of fused-ring (bicyclic) bond motifs is 1. The molecule has 156 valence electrons. The standard InChI is InChI=1S/C22H23N3O3S2/c1-3-14-24-18-7-4-5-9-20(18)29-22(24)23-21(26)19-8-6-15-25(19)30(27,28)17-12-10-16(2)11-13-17/h3-5,7,9-13,19H,1,6,8,14-15H2,2H3. The van der Waals surface area contributed by atoms with Crippen LogP contribution in [-0.4, -0.2) is 35.8 Å². The van der Waals surface area contributed by atoms with E-state index < -0.39 is 22.0 Å². The van der Waals surface area contributed by atoms with E-state index in [4.69, 9.17) is 0 Å². The third-order valence-corrected chi connectivity index (χ3v) is 8.20. The largest absolute Gasteiger partial charge is 0.313 e. The van der Waals surface area contributed by atoms with Gasteiger partial charge in [0.1, 0.15) is 6.04 Å². The summed E-state index contributed by atoms with van der Waals surface area (Å²) in [6, 6.07) is 13.8. The first kappa shape index (κ1) is 20.7. The summed E-state index contributed by atoms with van der Waals surface area (Å²) in [6.07, 6.45) is 2.86. The van der Waals surface area contributed by atoms with Crippen LogP contribution < -0.4 is 4.80 Å². The van der Waals surface area contributed by atoms with Gasteiger partial charge in [0.2, 0.25) is 10.0 Å². The SMILES string of the molecule is C=CCn1c(=NC(=O)C2CCCN2S(=O)(=O)c2ccc(C)cc2)sc2ccccc21. The minimum absolute atomic E-state index is 0.205. The lowest BCUT2D eigenvalue weighted by Gasteiger charge is -2.21. The van der Waals surface area contributed by atoms with Gasteiger partial charge in [-0.05, 0) is 44.0 Å². The van der Waals surface area contributed by atoms with Crippen molar-refractivity contribution in [2.45, 2.75) is 37.2 Å². The van der Waals surface area contributed by atoms with E-state index >= 15 is 0 Å². The number of para-hydroxylation sites is 1. The topological polar surface area (TPSA) is 71.7 Å². The van der Waals surface area contributed by atoms with Crippen LogP contribution in [0, 0.1) is 6.92 Å². The molecule has 1 saturated heterocycles. The number of nitrogens with zero attached hydrogens (tertiary/aromatic N) is 3. The Morgan fingerprint density at radius 1 is 1.23 bits per heavy atom. The smallest absolute Gasteiger partial charge is 0.266 e. The van der Waals surface area contributed by atoms with Gasteiger partial charge in [0, 0.05) is 13.1 Å². The predicted octanol–water partition coefficient (Wildman–Crippen LogP) is 3.48. The highest BCUT2D eigenvalue weighted by Gasteiger charge is 2.39. The van der Waals surface area contributed by atoms with Crippen molar-refractivity contribution in [2.75, 3.05) is 6.54 Å². The molecule has 0 bridgehead atoms. The molecular formula is C22H23N3O3S2. The van der Waals surface area contributed by atoms with Crippen molar-refractivity contribution in [3.05, 3.63) is 71.6 Å². The second-order valence-corrected chi connectivity index (χ2v) is 10.2. The van der Waals surface area contributed by atoms with E-state index in [1.807, 2.05) is 35.8 Å². The first-order valence-electron chi connectivity index (χ1n) is 9.78. The number of carbonyl (C=O) groups is 1. The van der Waals surface area contributed by atoms with Crippen molar-refractivity contribution in [1.82, 2.24) is 8.87 Å². The summed E-state index contributed by atoms with van der Waals surface area (Å²) in [4.78, 5) is 18.2. The molecule has 1 amide bonds. The quantitative estimate of drug-likeness (QED) is 0.569. The lowest BCUT2D eigenvalue weighted by molar-refractivity contribution is -0.121. The van der Waals surface area contributed by atoms with Crippen LogP contribution in [0.25, 0.3) is 10.2 Å². The van der Waals surface area contributed by atoms with Crippen molar-refractivity contribution in [3.63, 3.8) is 0 Å². The third-order valence-electron chi connectivity index (χ3n) is 5.22. The number of benzene rings is 2. The maximum atomic E-state index is 13.1. The molecule has 1 atom stereocenters. The van der Waals surface area contributed by atoms with Crippen molar-refractivity contribution >= 4 is 37.5 Å². The molecule has 0 radical (unpaired) electrons. The molecule has 1 fully saturated rings. The van der Waals surface area contributed by atoms with Gasteiger partial charge in [-0.3, -0.25) is 4.79 Å².